The molecule has 4 rings (SSSR count). The summed E-state index contributed by atoms with van der Waals surface area (Å²) in [7, 11) is -9.26. The second-order valence-electron chi connectivity index (χ2n) is 7.43. The summed E-state index contributed by atoms with van der Waals surface area (Å²) in [6.45, 7) is 0. The highest BCUT2D eigenvalue weighted by Crippen LogP contribution is 2.33. The van der Waals surface area contributed by atoms with Gasteiger partial charge in [0.25, 0.3) is 20.2 Å². The molecule has 0 aliphatic rings. The molecule has 0 aliphatic carbocycles. The van der Waals surface area contributed by atoms with Gasteiger partial charge in [-0.05, 0) is 35.9 Å². The third-order valence-corrected chi connectivity index (χ3v) is 6.97. The molecule has 35 heavy (non-hydrogen) atoms. The zero-order valence-electron chi connectivity index (χ0n) is 18.0. The van der Waals surface area contributed by atoms with E-state index in [1.807, 2.05) is 12.1 Å². The fraction of sp³-hybridized carbons (Fsp3) is 0. The van der Waals surface area contributed by atoms with Gasteiger partial charge in [0.2, 0.25) is 0 Å². The zero-order valence-corrected chi connectivity index (χ0v) is 19.6. The summed E-state index contributed by atoms with van der Waals surface area (Å²) in [4.78, 5) is -0.855. The van der Waals surface area contributed by atoms with Gasteiger partial charge in [-0.3, -0.25) is 9.11 Å². The molecule has 4 aromatic carbocycles. The van der Waals surface area contributed by atoms with Crippen molar-refractivity contribution >= 4 is 54.2 Å². The quantitative estimate of drug-likeness (QED) is 0.139. The molecule has 0 spiro atoms. The molecule has 0 saturated carbocycles. The molecular weight excluding hydrogens is 490 g/mol. The number of nitrogen functional groups attached to an aromatic ring is 1. The van der Waals surface area contributed by atoms with Gasteiger partial charge in [0.1, 0.15) is 9.79 Å². The molecule has 178 valence electrons. The van der Waals surface area contributed by atoms with E-state index in [9.17, 15) is 25.9 Å². The molecule has 0 saturated heterocycles. The normalized spacial score (nSPS) is 12.9. The van der Waals surface area contributed by atoms with Crippen LogP contribution < -0.4 is 5.73 Å². The Morgan fingerprint density at radius 2 is 1.29 bits per heavy atom. The number of hydrogen-bond donors (Lipinski definition) is 3. The number of benzene rings is 4. The first-order valence-electron chi connectivity index (χ1n) is 10.1. The first-order valence-corrected chi connectivity index (χ1v) is 13.0. The van der Waals surface area contributed by atoms with E-state index in [2.05, 4.69) is 10.2 Å². The van der Waals surface area contributed by atoms with Crippen molar-refractivity contribution in [3.05, 3.63) is 96.1 Å². The molecule has 11 heteroatoms. The Kier molecular flexibility index (Phi) is 6.50. The lowest BCUT2D eigenvalue weighted by atomic mass is 10.1. The number of rotatable bonds is 6. The highest BCUT2D eigenvalue weighted by atomic mass is 32.2. The maximum atomic E-state index is 12.0. The summed E-state index contributed by atoms with van der Waals surface area (Å²) in [6.07, 6.45) is 1.26. The minimum Gasteiger partial charge on any atom is -0.398 e. The summed E-state index contributed by atoms with van der Waals surface area (Å²) in [6, 6.07) is 21.6. The van der Waals surface area contributed by atoms with Crippen molar-refractivity contribution in [2.75, 3.05) is 5.73 Å². The third kappa shape index (κ3) is 5.28. The Morgan fingerprint density at radius 1 is 0.714 bits per heavy atom. The van der Waals surface area contributed by atoms with Crippen molar-refractivity contribution in [1.82, 2.24) is 0 Å². The van der Waals surface area contributed by atoms with Crippen LogP contribution in [-0.2, 0) is 20.2 Å². The number of azo groups is 1. The predicted octanol–water partition coefficient (Wildman–Crippen LogP) is 5.20. The fourth-order valence-electron chi connectivity index (χ4n) is 3.55. The van der Waals surface area contributed by atoms with E-state index in [1.54, 1.807) is 24.3 Å². The van der Waals surface area contributed by atoms with Crippen molar-refractivity contribution < 1.29 is 25.9 Å². The first kappa shape index (κ1) is 24.2. The molecule has 0 aliphatic heterocycles. The van der Waals surface area contributed by atoms with Crippen LogP contribution in [0.1, 0.15) is 11.1 Å². The molecule has 0 unspecified atom stereocenters. The molecule has 0 atom stereocenters. The lowest BCUT2D eigenvalue weighted by Gasteiger charge is -2.09. The number of anilines is 1. The van der Waals surface area contributed by atoms with E-state index in [0.29, 0.717) is 16.8 Å². The molecule has 0 radical (unpaired) electrons. The van der Waals surface area contributed by atoms with E-state index in [-0.39, 0.29) is 16.8 Å². The van der Waals surface area contributed by atoms with Crippen LogP contribution in [0.5, 0.6) is 0 Å². The second kappa shape index (κ2) is 9.39. The average molecular weight is 510 g/mol. The van der Waals surface area contributed by atoms with Crippen LogP contribution in [0, 0.1) is 0 Å². The average Bonchev–Trinajstić information content (AvgIpc) is 2.82. The van der Waals surface area contributed by atoms with Crippen molar-refractivity contribution in [3.63, 3.8) is 0 Å². The van der Waals surface area contributed by atoms with Crippen molar-refractivity contribution in [2.45, 2.75) is 9.79 Å². The summed E-state index contributed by atoms with van der Waals surface area (Å²) < 4.78 is 67.2. The van der Waals surface area contributed by atoms with Crippen molar-refractivity contribution in [1.29, 1.82) is 0 Å². The maximum absolute atomic E-state index is 12.0. The molecule has 0 bridgehead atoms. The second-order valence-corrected chi connectivity index (χ2v) is 10.2. The molecule has 0 heterocycles. The predicted molar refractivity (Wildman–Crippen MR) is 133 cm³/mol. The molecular formula is C24H19N3O6S2. The molecule has 0 fully saturated rings. The summed E-state index contributed by atoms with van der Waals surface area (Å²) in [5, 5.41) is 9.94. The van der Waals surface area contributed by atoms with Crippen LogP contribution in [-0.4, -0.2) is 25.9 Å². The minimum atomic E-state index is -4.66. The van der Waals surface area contributed by atoms with Gasteiger partial charge in [0, 0.05) is 22.0 Å². The molecule has 0 amide bonds. The van der Waals surface area contributed by atoms with Gasteiger partial charge in [-0.2, -0.15) is 16.8 Å². The van der Waals surface area contributed by atoms with E-state index in [0.717, 1.165) is 5.39 Å². The van der Waals surface area contributed by atoms with E-state index in [1.165, 1.54) is 54.6 Å². The van der Waals surface area contributed by atoms with Gasteiger partial charge in [-0.1, -0.05) is 60.7 Å². The number of hydrogen-bond acceptors (Lipinski definition) is 7. The molecule has 9 nitrogen and oxygen atoms in total. The smallest absolute Gasteiger partial charge is 0.295 e. The Labute approximate surface area is 201 Å². The standard InChI is InChI=1S/C24H19N3O6S2/c25-20-13-14-21(18-9-3-2-8-17(18)20)26-27-22(19-10-4-6-12-24(19)35(31,32)33)15-16-7-1-5-11-23(16)34(28,29)30/h1-15H,25H2,(H,28,29,30)(H,31,32,33). The van der Waals surface area contributed by atoms with Gasteiger partial charge in [0.05, 0.1) is 11.4 Å². The van der Waals surface area contributed by atoms with E-state index < -0.39 is 30.0 Å². The number of nitrogens with two attached hydrogens (primary N) is 1. The molecule has 0 aromatic heterocycles. The fourth-order valence-corrected chi connectivity index (χ4v) is 4.92. The van der Waals surface area contributed by atoms with Crippen molar-refractivity contribution in [3.8, 4) is 0 Å². The first-order chi connectivity index (χ1) is 16.6. The van der Waals surface area contributed by atoms with Crippen LogP contribution in [0.15, 0.2) is 105 Å². The molecule has 4 aromatic rings. The SMILES string of the molecule is Nc1ccc(N=NC(=Cc2ccccc2S(=O)(=O)O)c2ccccc2S(=O)(=O)O)c2ccccc12. The Bertz CT molecular complexity index is 1710. The highest BCUT2D eigenvalue weighted by molar-refractivity contribution is 7.86. The van der Waals surface area contributed by atoms with E-state index >= 15 is 0 Å². The van der Waals surface area contributed by atoms with Crippen LogP contribution >= 0.6 is 0 Å². The topological polar surface area (TPSA) is 159 Å². The number of fused-ring (bicyclic) bond motifs is 1. The zero-order chi connectivity index (χ0) is 25.2. The van der Waals surface area contributed by atoms with Gasteiger partial charge in [-0.15, -0.1) is 10.2 Å². The molecule has 4 N–H and O–H groups in total. The largest absolute Gasteiger partial charge is 0.398 e. The number of nitrogens with zero attached hydrogens (tertiary/aromatic N) is 2. The lowest BCUT2D eigenvalue weighted by molar-refractivity contribution is 0.480. The maximum Gasteiger partial charge on any atom is 0.295 e. The Hall–Kier alpha value is -3.90. The summed E-state index contributed by atoms with van der Waals surface area (Å²) in [5.74, 6) is 0. The minimum absolute atomic E-state index is 0.0244. The van der Waals surface area contributed by atoms with Crippen LogP contribution in [0.2, 0.25) is 0 Å². The van der Waals surface area contributed by atoms with Gasteiger partial charge < -0.3 is 5.73 Å². The Balaban J connectivity index is 1.97. The lowest BCUT2D eigenvalue weighted by Crippen LogP contribution is -2.03. The third-order valence-electron chi connectivity index (χ3n) is 5.13. The summed E-state index contributed by atoms with van der Waals surface area (Å²) >= 11 is 0. The van der Waals surface area contributed by atoms with E-state index in [4.69, 9.17) is 5.73 Å². The summed E-state index contributed by atoms with van der Waals surface area (Å²) in [5.41, 5.74) is 6.94. The van der Waals surface area contributed by atoms with Crippen molar-refractivity contribution in [2.24, 2.45) is 10.2 Å². The Morgan fingerprint density at radius 3 is 1.97 bits per heavy atom. The highest BCUT2D eigenvalue weighted by Gasteiger charge is 2.20. The van der Waals surface area contributed by atoms with Gasteiger partial charge in [-0.25, -0.2) is 0 Å². The van der Waals surface area contributed by atoms with Crippen LogP contribution in [0.25, 0.3) is 22.5 Å². The van der Waals surface area contributed by atoms with Crippen LogP contribution in [0.4, 0.5) is 11.4 Å². The van der Waals surface area contributed by atoms with Gasteiger partial charge >= 0.3 is 0 Å². The monoisotopic (exact) mass is 509 g/mol. The van der Waals surface area contributed by atoms with Crippen LogP contribution in [0.3, 0.4) is 0 Å². The van der Waals surface area contributed by atoms with Gasteiger partial charge in [0.15, 0.2) is 0 Å².